The van der Waals surface area contributed by atoms with Crippen LogP contribution >= 0.6 is 0 Å². The van der Waals surface area contributed by atoms with Crippen molar-refractivity contribution in [1.29, 1.82) is 0 Å². The van der Waals surface area contributed by atoms with Gasteiger partial charge in [-0.05, 0) is 36.6 Å². The summed E-state index contributed by atoms with van der Waals surface area (Å²) in [6.07, 6.45) is -3.58. The third-order valence-electron chi connectivity index (χ3n) is 10.8. The molecule has 3 saturated heterocycles. The van der Waals surface area contributed by atoms with Crippen LogP contribution in [-0.2, 0) is 39.1 Å². The van der Waals surface area contributed by atoms with E-state index in [-0.39, 0.29) is 43.6 Å². The van der Waals surface area contributed by atoms with Gasteiger partial charge in [-0.25, -0.2) is 4.79 Å². The molecule has 3 fully saturated rings. The zero-order valence-electron chi connectivity index (χ0n) is 31.6. The fourth-order valence-corrected chi connectivity index (χ4v) is 7.86. The maximum atomic E-state index is 14.2. The number of hydrogen-bond acceptors (Lipinski definition) is 13. The van der Waals surface area contributed by atoms with Crippen molar-refractivity contribution in [2.24, 2.45) is 0 Å². The Balaban J connectivity index is 1.12. The Morgan fingerprint density at radius 2 is 1.62 bits per heavy atom. The average molecular weight is 801 g/mol. The van der Waals surface area contributed by atoms with Crippen molar-refractivity contribution < 1.29 is 63.6 Å². The number of aliphatic hydroxyl groups excluding tert-OH is 5. The topological polar surface area (TPSA) is 214 Å². The van der Waals surface area contributed by atoms with Crippen molar-refractivity contribution in [3.8, 4) is 0 Å². The smallest absolute Gasteiger partial charge is 0.338 e. The number of hydrogen-bond donors (Lipinski definition) is 6. The normalized spacial score (nSPS) is 29.2. The number of carbonyl (C=O) groups excluding carboxylic acids is 3. The molecule has 15 heteroatoms. The zero-order chi connectivity index (χ0) is 40.8. The molecule has 3 aromatic rings. The number of amides is 2. The van der Waals surface area contributed by atoms with Gasteiger partial charge in [-0.1, -0.05) is 84.9 Å². The molecule has 0 spiro atoms. The first kappa shape index (κ1) is 41.4. The lowest BCUT2D eigenvalue weighted by Crippen LogP contribution is -2.59. The molecule has 9 atom stereocenters. The van der Waals surface area contributed by atoms with E-state index < -0.39 is 73.4 Å². The van der Waals surface area contributed by atoms with Gasteiger partial charge in [0.2, 0.25) is 17.6 Å². The number of ether oxygens (including phenoxy) is 5. The molecule has 308 valence electrons. The number of likely N-dealkylation sites (tertiary alicyclic amines) is 1. The van der Waals surface area contributed by atoms with Crippen LogP contribution in [0.25, 0.3) is 6.08 Å². The van der Waals surface area contributed by atoms with E-state index in [0.717, 1.165) is 0 Å². The van der Waals surface area contributed by atoms with Crippen LogP contribution in [-0.4, -0.2) is 136 Å². The molecule has 0 bridgehead atoms. The van der Waals surface area contributed by atoms with E-state index in [0.29, 0.717) is 41.6 Å². The third kappa shape index (κ3) is 8.64. The first-order valence-corrected chi connectivity index (χ1v) is 19.4. The van der Waals surface area contributed by atoms with Gasteiger partial charge in [0.05, 0.1) is 25.4 Å². The number of nitrogens with zero attached hydrogens (tertiary/aromatic N) is 1. The molecule has 15 nitrogen and oxygen atoms in total. The van der Waals surface area contributed by atoms with E-state index in [1.54, 1.807) is 42.5 Å². The average Bonchev–Trinajstić information content (AvgIpc) is 3.92. The van der Waals surface area contributed by atoms with Gasteiger partial charge < -0.3 is 59.4 Å². The number of nitrogens with one attached hydrogen (secondary N) is 1. The van der Waals surface area contributed by atoms with Gasteiger partial charge >= 0.3 is 5.97 Å². The molecule has 2 amide bonds. The van der Waals surface area contributed by atoms with Crippen molar-refractivity contribution in [3.63, 3.8) is 0 Å². The zero-order valence-corrected chi connectivity index (χ0v) is 31.6. The summed E-state index contributed by atoms with van der Waals surface area (Å²) in [7, 11) is 0. The lowest BCUT2D eigenvalue weighted by molar-refractivity contribution is -0.298. The van der Waals surface area contributed by atoms with Gasteiger partial charge in [0.1, 0.15) is 48.8 Å². The van der Waals surface area contributed by atoms with Crippen LogP contribution in [0.5, 0.6) is 0 Å². The second kappa shape index (κ2) is 18.4. The highest BCUT2D eigenvalue weighted by molar-refractivity contribution is 5.98. The molecule has 0 saturated carbocycles. The van der Waals surface area contributed by atoms with Gasteiger partial charge in [-0.3, -0.25) is 9.59 Å². The minimum atomic E-state index is -1.57. The summed E-state index contributed by atoms with van der Waals surface area (Å²) in [5.41, 5.74) is 2.55. The summed E-state index contributed by atoms with van der Waals surface area (Å²) in [6, 6.07) is 24.7. The Kier molecular flexibility index (Phi) is 13.1. The first-order chi connectivity index (χ1) is 28.1. The molecule has 3 heterocycles. The summed E-state index contributed by atoms with van der Waals surface area (Å²) < 4.78 is 30.8. The largest absolute Gasteiger partial charge is 0.456 e. The Morgan fingerprint density at radius 1 is 0.897 bits per heavy atom. The van der Waals surface area contributed by atoms with Crippen molar-refractivity contribution in [3.05, 3.63) is 125 Å². The van der Waals surface area contributed by atoms with Gasteiger partial charge in [-0.2, -0.15) is 0 Å². The highest BCUT2D eigenvalue weighted by Gasteiger charge is 2.55. The second-order valence-electron chi connectivity index (χ2n) is 14.6. The van der Waals surface area contributed by atoms with Crippen LogP contribution in [0.3, 0.4) is 0 Å². The lowest BCUT2D eigenvalue weighted by atomic mass is 9.91. The van der Waals surface area contributed by atoms with Gasteiger partial charge in [0.25, 0.3) is 0 Å². The standard InChI is InChI=1S/C43H48N2O13/c46-20-18-44-39(51)31-17-8-19-45(31)40(52)28-23-32(38-33(24-28)57-43(58-38,29-13-3-1-4-14-29)30-15-5-2-6-16-30)55-41(53)27-12-7-10-26(22-27)11-9-21-54-42-37(50)36(49)35(48)34(25-47)56-42/h1-7,9-16,22,24,31-38,42,46-50H,8,17-21,23,25H2,(H,44,51)/t31-,32-,33-,34-,35+,36+,37-,38+,42+/m1/s1. The molecular formula is C43H48N2O13. The molecule has 7 rings (SSSR count). The number of fused-ring (bicyclic) bond motifs is 1. The maximum Gasteiger partial charge on any atom is 0.338 e. The Labute approximate surface area is 335 Å². The number of carbonyl (C=O) groups is 3. The first-order valence-electron chi connectivity index (χ1n) is 19.4. The predicted octanol–water partition coefficient (Wildman–Crippen LogP) is 1.16. The molecule has 58 heavy (non-hydrogen) atoms. The van der Waals surface area contributed by atoms with Crippen LogP contribution in [0.2, 0.25) is 0 Å². The van der Waals surface area contributed by atoms with E-state index in [4.69, 9.17) is 23.7 Å². The fourth-order valence-electron chi connectivity index (χ4n) is 7.86. The molecule has 3 aliphatic heterocycles. The maximum absolute atomic E-state index is 14.2. The van der Waals surface area contributed by atoms with E-state index in [9.17, 15) is 39.9 Å². The SMILES string of the molecule is O=C(O[C@@H]1CC(C(=O)N2CCC[C@@H]2C(=O)NCCO)=C[C@H]2OC(c3ccccc3)(c3ccccc3)O[C@H]21)c1cccc(C=CCO[C@H]2O[C@H](CO)[C@H](O)[C@H](O)[C@H]2O)c1. The number of rotatable bonds is 13. The van der Waals surface area contributed by atoms with Crippen molar-refractivity contribution in [2.75, 3.05) is 32.9 Å². The van der Waals surface area contributed by atoms with Crippen LogP contribution < -0.4 is 5.32 Å². The summed E-state index contributed by atoms with van der Waals surface area (Å²) in [5, 5.41) is 51.7. The molecular weight excluding hydrogens is 752 g/mol. The fraction of sp³-hybridized carbons (Fsp3) is 0.419. The minimum absolute atomic E-state index is 0.00881. The Hall–Kier alpha value is -4.81. The van der Waals surface area contributed by atoms with Gasteiger partial charge in [0.15, 0.2) is 6.29 Å². The van der Waals surface area contributed by atoms with E-state index in [1.807, 2.05) is 60.7 Å². The molecule has 4 aliphatic rings. The number of aliphatic hydroxyl groups is 5. The Bertz CT molecular complexity index is 1920. The molecule has 0 unspecified atom stereocenters. The number of benzene rings is 3. The highest BCUT2D eigenvalue weighted by Crippen LogP contribution is 2.47. The molecule has 6 N–H and O–H groups in total. The quantitative estimate of drug-likeness (QED) is 0.134. The van der Waals surface area contributed by atoms with Crippen molar-refractivity contribution in [1.82, 2.24) is 10.2 Å². The molecule has 0 radical (unpaired) electrons. The van der Waals surface area contributed by atoms with Gasteiger partial charge in [0, 0.05) is 36.2 Å². The van der Waals surface area contributed by atoms with E-state index >= 15 is 0 Å². The van der Waals surface area contributed by atoms with Crippen LogP contribution in [0.4, 0.5) is 0 Å². The van der Waals surface area contributed by atoms with E-state index in [2.05, 4.69) is 5.32 Å². The monoisotopic (exact) mass is 800 g/mol. The summed E-state index contributed by atoms with van der Waals surface area (Å²) >= 11 is 0. The summed E-state index contributed by atoms with van der Waals surface area (Å²) in [6.45, 7) is -0.455. The van der Waals surface area contributed by atoms with Crippen LogP contribution in [0.1, 0.15) is 46.3 Å². The third-order valence-corrected chi connectivity index (χ3v) is 10.8. The van der Waals surface area contributed by atoms with Crippen molar-refractivity contribution in [2.45, 2.75) is 80.1 Å². The van der Waals surface area contributed by atoms with Gasteiger partial charge in [-0.15, -0.1) is 0 Å². The van der Waals surface area contributed by atoms with E-state index in [1.165, 1.54) is 4.90 Å². The minimum Gasteiger partial charge on any atom is -0.456 e. The lowest BCUT2D eigenvalue weighted by Gasteiger charge is -2.39. The predicted molar refractivity (Wildman–Crippen MR) is 205 cm³/mol. The summed E-state index contributed by atoms with van der Waals surface area (Å²) in [4.78, 5) is 42.7. The molecule has 0 aromatic heterocycles. The highest BCUT2D eigenvalue weighted by atomic mass is 16.8. The van der Waals surface area contributed by atoms with Crippen LogP contribution in [0.15, 0.2) is 103 Å². The Morgan fingerprint density at radius 3 is 2.31 bits per heavy atom. The molecule has 3 aromatic carbocycles. The summed E-state index contributed by atoms with van der Waals surface area (Å²) in [5.74, 6) is -2.80. The second-order valence-corrected chi connectivity index (χ2v) is 14.6. The number of esters is 1. The van der Waals surface area contributed by atoms with Crippen molar-refractivity contribution >= 4 is 23.9 Å². The molecule has 1 aliphatic carbocycles. The van der Waals surface area contributed by atoms with Crippen LogP contribution in [0, 0.1) is 0 Å².